The van der Waals surface area contributed by atoms with Crippen molar-refractivity contribution in [3.8, 4) is 11.3 Å². The summed E-state index contributed by atoms with van der Waals surface area (Å²) in [6.07, 6.45) is 2.93. The van der Waals surface area contributed by atoms with Crippen molar-refractivity contribution < 1.29 is 9.18 Å². The van der Waals surface area contributed by atoms with Gasteiger partial charge in [-0.15, -0.1) is 0 Å². The number of pyridine rings is 1. The molecular formula is C20H13FN4O. The molecule has 0 bridgehead atoms. The number of benzene rings is 2. The first kappa shape index (κ1) is 15.8. The lowest BCUT2D eigenvalue weighted by molar-refractivity contribution is 0.102. The number of fused-ring (bicyclic) bond motifs is 1. The Labute approximate surface area is 148 Å². The molecule has 1 N–H and O–H groups in total. The molecule has 0 aliphatic rings. The number of nitrogens with zero attached hydrogens (tertiary/aromatic N) is 3. The lowest BCUT2D eigenvalue weighted by atomic mass is 10.1. The number of halogens is 1. The smallest absolute Gasteiger partial charge is 0.257 e. The van der Waals surface area contributed by atoms with Crippen molar-refractivity contribution >= 4 is 22.6 Å². The van der Waals surface area contributed by atoms with Crippen LogP contribution in [0.1, 0.15) is 10.4 Å². The minimum absolute atomic E-state index is 0.299. The molecule has 0 aliphatic carbocycles. The summed E-state index contributed by atoms with van der Waals surface area (Å²) in [5.41, 5.74) is 2.37. The standard InChI is InChI=1S/C20H13FN4O/c21-14-5-3-4-13(10-14)18-11-19(24-12-23-18)25-20(26)16-8-9-22-17-7-2-1-6-15(16)17/h1-12H,(H,23,24,25,26). The largest absolute Gasteiger partial charge is 0.306 e. The summed E-state index contributed by atoms with van der Waals surface area (Å²) >= 11 is 0. The van der Waals surface area contributed by atoms with E-state index in [-0.39, 0.29) is 11.7 Å². The lowest BCUT2D eigenvalue weighted by Gasteiger charge is -2.08. The van der Waals surface area contributed by atoms with Crippen LogP contribution in [0.4, 0.5) is 10.2 Å². The number of amides is 1. The third kappa shape index (κ3) is 3.12. The number of hydrogen-bond donors (Lipinski definition) is 1. The van der Waals surface area contributed by atoms with Gasteiger partial charge in [-0.25, -0.2) is 14.4 Å². The first-order valence-corrected chi connectivity index (χ1v) is 7.94. The van der Waals surface area contributed by atoms with Crippen LogP contribution in [0.3, 0.4) is 0 Å². The Morgan fingerprint density at radius 3 is 2.69 bits per heavy atom. The fraction of sp³-hybridized carbons (Fsp3) is 0. The molecule has 0 spiro atoms. The van der Waals surface area contributed by atoms with Crippen LogP contribution in [0.25, 0.3) is 22.2 Å². The van der Waals surface area contributed by atoms with Crippen LogP contribution in [0.5, 0.6) is 0 Å². The van der Waals surface area contributed by atoms with E-state index in [9.17, 15) is 9.18 Å². The number of hydrogen-bond acceptors (Lipinski definition) is 4. The molecule has 26 heavy (non-hydrogen) atoms. The van der Waals surface area contributed by atoms with E-state index in [1.165, 1.54) is 18.5 Å². The molecule has 126 valence electrons. The summed E-state index contributed by atoms with van der Waals surface area (Å²) in [5.74, 6) is -0.312. The van der Waals surface area contributed by atoms with Gasteiger partial charge in [-0.05, 0) is 24.3 Å². The molecule has 0 atom stereocenters. The fourth-order valence-electron chi connectivity index (χ4n) is 2.71. The molecule has 0 radical (unpaired) electrons. The van der Waals surface area contributed by atoms with E-state index in [4.69, 9.17) is 0 Å². The second-order valence-corrected chi connectivity index (χ2v) is 5.63. The van der Waals surface area contributed by atoms with Crippen LogP contribution >= 0.6 is 0 Å². The molecule has 0 aliphatic heterocycles. The predicted molar refractivity (Wildman–Crippen MR) is 97.1 cm³/mol. The van der Waals surface area contributed by atoms with Gasteiger partial charge in [0.15, 0.2) is 0 Å². The van der Waals surface area contributed by atoms with E-state index >= 15 is 0 Å². The SMILES string of the molecule is O=C(Nc1cc(-c2cccc(F)c2)ncn1)c1ccnc2ccccc12. The van der Waals surface area contributed by atoms with Crippen molar-refractivity contribution in [2.45, 2.75) is 0 Å². The van der Waals surface area contributed by atoms with Crippen LogP contribution < -0.4 is 5.32 Å². The number of anilines is 1. The molecule has 0 saturated carbocycles. The van der Waals surface area contributed by atoms with Crippen LogP contribution in [0.2, 0.25) is 0 Å². The zero-order valence-corrected chi connectivity index (χ0v) is 13.6. The highest BCUT2D eigenvalue weighted by atomic mass is 19.1. The minimum atomic E-state index is -0.352. The predicted octanol–water partition coefficient (Wildman–Crippen LogP) is 4.08. The van der Waals surface area contributed by atoms with Crippen molar-refractivity contribution in [3.05, 3.63) is 84.6 Å². The van der Waals surface area contributed by atoms with Gasteiger partial charge in [0.1, 0.15) is 18.0 Å². The summed E-state index contributed by atoms with van der Waals surface area (Å²) in [6.45, 7) is 0. The number of para-hydroxylation sites is 1. The second kappa shape index (κ2) is 6.68. The molecule has 2 heterocycles. The quantitative estimate of drug-likeness (QED) is 0.608. The van der Waals surface area contributed by atoms with Crippen molar-refractivity contribution in [1.82, 2.24) is 15.0 Å². The van der Waals surface area contributed by atoms with E-state index in [1.807, 2.05) is 24.3 Å². The number of aromatic nitrogens is 3. The van der Waals surface area contributed by atoms with Gasteiger partial charge in [-0.2, -0.15) is 0 Å². The Morgan fingerprint density at radius 2 is 1.81 bits per heavy atom. The minimum Gasteiger partial charge on any atom is -0.306 e. The molecule has 2 aromatic carbocycles. The highest BCUT2D eigenvalue weighted by molar-refractivity contribution is 6.12. The normalized spacial score (nSPS) is 10.7. The molecule has 0 unspecified atom stereocenters. The lowest BCUT2D eigenvalue weighted by Crippen LogP contribution is -2.13. The Kier molecular flexibility index (Phi) is 4.07. The van der Waals surface area contributed by atoms with E-state index in [1.54, 1.807) is 30.5 Å². The maximum absolute atomic E-state index is 13.4. The zero-order chi connectivity index (χ0) is 17.9. The van der Waals surface area contributed by atoms with Crippen molar-refractivity contribution in [2.75, 3.05) is 5.32 Å². The summed E-state index contributed by atoms with van der Waals surface area (Å²) in [7, 11) is 0. The third-order valence-electron chi connectivity index (χ3n) is 3.92. The third-order valence-corrected chi connectivity index (χ3v) is 3.92. The first-order chi connectivity index (χ1) is 12.7. The number of carbonyl (C=O) groups is 1. The van der Waals surface area contributed by atoms with E-state index < -0.39 is 0 Å². The maximum Gasteiger partial charge on any atom is 0.257 e. The first-order valence-electron chi connectivity index (χ1n) is 7.94. The van der Waals surface area contributed by atoms with Crippen LogP contribution in [0, 0.1) is 5.82 Å². The Hall–Kier alpha value is -3.67. The Balaban J connectivity index is 1.65. The molecule has 2 aromatic heterocycles. The zero-order valence-electron chi connectivity index (χ0n) is 13.6. The topological polar surface area (TPSA) is 67.8 Å². The fourth-order valence-corrected chi connectivity index (χ4v) is 2.71. The second-order valence-electron chi connectivity index (χ2n) is 5.63. The summed E-state index contributed by atoms with van der Waals surface area (Å²) in [4.78, 5) is 25.1. The number of nitrogens with one attached hydrogen (secondary N) is 1. The van der Waals surface area contributed by atoms with E-state index in [0.29, 0.717) is 22.6 Å². The monoisotopic (exact) mass is 344 g/mol. The van der Waals surface area contributed by atoms with Crippen LogP contribution in [-0.4, -0.2) is 20.9 Å². The number of carbonyl (C=O) groups excluding carboxylic acids is 1. The molecule has 4 rings (SSSR count). The summed E-state index contributed by atoms with van der Waals surface area (Å²) < 4.78 is 13.4. The van der Waals surface area contributed by atoms with Gasteiger partial charge in [-0.3, -0.25) is 9.78 Å². The molecule has 0 fully saturated rings. The van der Waals surface area contributed by atoms with Crippen molar-refractivity contribution in [3.63, 3.8) is 0 Å². The molecule has 6 heteroatoms. The van der Waals surface area contributed by atoms with Crippen molar-refractivity contribution in [2.24, 2.45) is 0 Å². The molecule has 0 saturated heterocycles. The average Bonchev–Trinajstić information content (AvgIpc) is 2.68. The Morgan fingerprint density at radius 1 is 0.923 bits per heavy atom. The van der Waals surface area contributed by atoms with Gasteiger partial charge >= 0.3 is 0 Å². The van der Waals surface area contributed by atoms with Gasteiger partial charge in [0.05, 0.1) is 16.8 Å². The van der Waals surface area contributed by atoms with Gasteiger partial charge in [0.25, 0.3) is 5.91 Å². The molecular weight excluding hydrogens is 331 g/mol. The van der Waals surface area contributed by atoms with E-state index in [2.05, 4.69) is 20.3 Å². The summed E-state index contributed by atoms with van der Waals surface area (Å²) in [6, 6.07) is 16.8. The molecule has 5 nitrogen and oxygen atoms in total. The van der Waals surface area contributed by atoms with Gasteiger partial charge in [0, 0.05) is 23.2 Å². The van der Waals surface area contributed by atoms with Crippen LogP contribution in [-0.2, 0) is 0 Å². The number of rotatable bonds is 3. The van der Waals surface area contributed by atoms with Gasteiger partial charge < -0.3 is 5.32 Å². The highest BCUT2D eigenvalue weighted by Crippen LogP contribution is 2.21. The summed E-state index contributed by atoms with van der Waals surface area (Å²) in [5, 5.41) is 3.52. The average molecular weight is 344 g/mol. The maximum atomic E-state index is 13.4. The Bertz CT molecular complexity index is 1110. The van der Waals surface area contributed by atoms with E-state index in [0.717, 1.165) is 10.9 Å². The molecule has 1 amide bonds. The van der Waals surface area contributed by atoms with Crippen LogP contribution in [0.15, 0.2) is 73.2 Å². The highest BCUT2D eigenvalue weighted by Gasteiger charge is 2.12. The van der Waals surface area contributed by atoms with Gasteiger partial charge in [0.2, 0.25) is 0 Å². The molecule has 4 aromatic rings. The van der Waals surface area contributed by atoms with Gasteiger partial charge in [-0.1, -0.05) is 30.3 Å². The van der Waals surface area contributed by atoms with Crippen molar-refractivity contribution in [1.29, 1.82) is 0 Å².